The van der Waals surface area contributed by atoms with Crippen molar-refractivity contribution in [3.8, 4) is 11.4 Å². The van der Waals surface area contributed by atoms with Crippen LogP contribution in [0.2, 0.25) is 5.02 Å². The maximum Gasteiger partial charge on any atom is 0.251 e. The largest absolute Gasteiger partial charge is 0.348 e. The van der Waals surface area contributed by atoms with Gasteiger partial charge in [-0.05, 0) is 42.8 Å². The van der Waals surface area contributed by atoms with E-state index in [1.165, 1.54) is 5.56 Å². The first-order valence-corrected chi connectivity index (χ1v) is 10.2. The second-order valence-electron chi connectivity index (χ2n) is 7.11. The van der Waals surface area contributed by atoms with Crippen molar-refractivity contribution < 1.29 is 4.79 Å². The summed E-state index contributed by atoms with van der Waals surface area (Å²) in [6.45, 7) is 2.40. The molecule has 0 radical (unpaired) electrons. The van der Waals surface area contributed by atoms with Gasteiger partial charge in [-0.3, -0.25) is 4.79 Å². The van der Waals surface area contributed by atoms with E-state index in [9.17, 15) is 4.79 Å². The SMILES string of the molecule is Cc1ccc(-c2nccc(Nc3cccc(C(=O)NCc4ccccc4Cl)c3)n2)cc1. The fourth-order valence-corrected chi connectivity index (χ4v) is 3.28. The summed E-state index contributed by atoms with van der Waals surface area (Å²) in [4.78, 5) is 21.5. The van der Waals surface area contributed by atoms with Crippen molar-refractivity contribution in [3.05, 3.63) is 107 Å². The van der Waals surface area contributed by atoms with Crippen molar-refractivity contribution >= 4 is 29.0 Å². The summed E-state index contributed by atoms with van der Waals surface area (Å²) < 4.78 is 0. The molecule has 0 unspecified atom stereocenters. The molecule has 1 heterocycles. The molecule has 2 N–H and O–H groups in total. The molecule has 0 saturated heterocycles. The van der Waals surface area contributed by atoms with Crippen LogP contribution in [0.4, 0.5) is 11.5 Å². The van der Waals surface area contributed by atoms with E-state index in [-0.39, 0.29) is 5.91 Å². The number of aryl methyl sites for hydroxylation is 1. The third-order valence-corrected chi connectivity index (χ3v) is 5.13. The Morgan fingerprint density at radius 2 is 1.77 bits per heavy atom. The first-order valence-electron chi connectivity index (χ1n) is 9.87. The molecule has 0 aliphatic heterocycles. The Hall–Kier alpha value is -3.70. The minimum Gasteiger partial charge on any atom is -0.348 e. The lowest BCUT2D eigenvalue weighted by atomic mass is 10.1. The van der Waals surface area contributed by atoms with E-state index in [0.717, 1.165) is 16.8 Å². The third kappa shape index (κ3) is 5.27. The number of rotatable bonds is 6. The lowest BCUT2D eigenvalue weighted by molar-refractivity contribution is 0.0951. The number of nitrogens with zero attached hydrogens (tertiary/aromatic N) is 2. The number of hydrogen-bond donors (Lipinski definition) is 2. The molecule has 5 nitrogen and oxygen atoms in total. The standard InChI is InChI=1S/C25H21ClN4O/c1-17-9-11-18(12-10-17)24-27-14-13-23(30-24)29-21-7-4-6-19(15-21)25(31)28-16-20-5-2-3-8-22(20)26/h2-15H,16H2,1H3,(H,28,31)(H,27,29,30). The summed E-state index contributed by atoms with van der Waals surface area (Å²) in [5.74, 6) is 1.12. The number of carbonyl (C=O) groups is 1. The van der Waals surface area contributed by atoms with Gasteiger partial charge in [-0.2, -0.15) is 0 Å². The molecule has 0 atom stereocenters. The number of aromatic nitrogens is 2. The molecule has 1 amide bonds. The Morgan fingerprint density at radius 3 is 2.58 bits per heavy atom. The van der Waals surface area contributed by atoms with Gasteiger partial charge in [0.15, 0.2) is 5.82 Å². The minimum absolute atomic E-state index is 0.174. The van der Waals surface area contributed by atoms with Crippen LogP contribution in [0, 0.1) is 6.92 Å². The summed E-state index contributed by atoms with van der Waals surface area (Å²) in [6.07, 6.45) is 1.71. The Labute approximate surface area is 186 Å². The van der Waals surface area contributed by atoms with Gasteiger partial charge in [0.05, 0.1) is 0 Å². The number of amides is 1. The Kier molecular flexibility index (Phi) is 6.24. The lowest BCUT2D eigenvalue weighted by Crippen LogP contribution is -2.22. The average Bonchev–Trinajstić information content (AvgIpc) is 2.79. The van der Waals surface area contributed by atoms with Crippen LogP contribution in [-0.2, 0) is 6.54 Å². The van der Waals surface area contributed by atoms with Crippen molar-refractivity contribution in [1.29, 1.82) is 0 Å². The smallest absolute Gasteiger partial charge is 0.251 e. The normalized spacial score (nSPS) is 10.5. The first kappa shape index (κ1) is 20.6. The minimum atomic E-state index is -0.174. The molecular formula is C25H21ClN4O. The average molecular weight is 429 g/mol. The van der Waals surface area contributed by atoms with Gasteiger partial charge < -0.3 is 10.6 Å². The topological polar surface area (TPSA) is 66.9 Å². The molecule has 0 fully saturated rings. The molecule has 0 bridgehead atoms. The van der Waals surface area contributed by atoms with Gasteiger partial charge in [-0.1, -0.05) is 65.7 Å². The van der Waals surface area contributed by atoms with Crippen LogP contribution in [0.15, 0.2) is 85.1 Å². The number of anilines is 2. The van der Waals surface area contributed by atoms with E-state index >= 15 is 0 Å². The van der Waals surface area contributed by atoms with Gasteiger partial charge >= 0.3 is 0 Å². The van der Waals surface area contributed by atoms with Gasteiger partial charge in [0.2, 0.25) is 0 Å². The quantitative estimate of drug-likeness (QED) is 0.408. The zero-order valence-corrected chi connectivity index (χ0v) is 17.7. The maximum atomic E-state index is 12.6. The van der Waals surface area contributed by atoms with Gasteiger partial charge in [0.1, 0.15) is 5.82 Å². The van der Waals surface area contributed by atoms with Crippen molar-refractivity contribution in [2.75, 3.05) is 5.32 Å². The summed E-state index contributed by atoms with van der Waals surface area (Å²) in [6, 6.07) is 24.6. The summed E-state index contributed by atoms with van der Waals surface area (Å²) in [5, 5.41) is 6.79. The number of carbonyl (C=O) groups excluding carboxylic acids is 1. The van der Waals surface area contributed by atoms with Crippen molar-refractivity contribution in [2.24, 2.45) is 0 Å². The lowest BCUT2D eigenvalue weighted by Gasteiger charge is -2.10. The predicted molar refractivity (Wildman–Crippen MR) is 125 cm³/mol. The summed E-state index contributed by atoms with van der Waals surface area (Å²) >= 11 is 6.16. The van der Waals surface area contributed by atoms with E-state index in [2.05, 4.69) is 20.6 Å². The highest BCUT2D eigenvalue weighted by molar-refractivity contribution is 6.31. The number of benzene rings is 3. The van der Waals surface area contributed by atoms with Crippen LogP contribution < -0.4 is 10.6 Å². The number of halogens is 1. The molecule has 6 heteroatoms. The third-order valence-electron chi connectivity index (χ3n) is 4.76. The molecule has 0 aliphatic carbocycles. The molecule has 0 spiro atoms. The van der Waals surface area contributed by atoms with E-state index in [1.54, 1.807) is 30.5 Å². The molecule has 1 aromatic heterocycles. The molecule has 31 heavy (non-hydrogen) atoms. The molecule has 3 aromatic carbocycles. The Bertz CT molecular complexity index is 1210. The zero-order valence-electron chi connectivity index (χ0n) is 17.0. The second kappa shape index (κ2) is 9.41. The highest BCUT2D eigenvalue weighted by Gasteiger charge is 2.09. The van der Waals surface area contributed by atoms with Crippen LogP contribution in [-0.4, -0.2) is 15.9 Å². The predicted octanol–water partition coefficient (Wildman–Crippen LogP) is 5.78. The fraction of sp³-hybridized carbons (Fsp3) is 0.0800. The highest BCUT2D eigenvalue weighted by Crippen LogP contribution is 2.20. The van der Waals surface area contributed by atoms with Crippen LogP contribution in [0.1, 0.15) is 21.5 Å². The van der Waals surface area contributed by atoms with Crippen molar-refractivity contribution in [2.45, 2.75) is 13.5 Å². The van der Waals surface area contributed by atoms with Crippen LogP contribution in [0.3, 0.4) is 0 Å². The molecular weight excluding hydrogens is 408 g/mol. The zero-order chi connectivity index (χ0) is 21.6. The first-order chi connectivity index (χ1) is 15.1. The van der Waals surface area contributed by atoms with Crippen LogP contribution in [0.5, 0.6) is 0 Å². The van der Waals surface area contributed by atoms with E-state index in [1.807, 2.05) is 61.5 Å². The van der Waals surface area contributed by atoms with E-state index < -0.39 is 0 Å². The summed E-state index contributed by atoms with van der Waals surface area (Å²) in [5.41, 5.74) is 4.31. The van der Waals surface area contributed by atoms with Crippen LogP contribution >= 0.6 is 11.6 Å². The van der Waals surface area contributed by atoms with Gasteiger partial charge in [0, 0.05) is 34.6 Å². The highest BCUT2D eigenvalue weighted by atomic mass is 35.5. The van der Waals surface area contributed by atoms with Crippen LogP contribution in [0.25, 0.3) is 11.4 Å². The molecule has 0 saturated carbocycles. The van der Waals surface area contributed by atoms with E-state index in [0.29, 0.717) is 28.8 Å². The Balaban J connectivity index is 1.46. The second-order valence-corrected chi connectivity index (χ2v) is 7.52. The van der Waals surface area contributed by atoms with Gasteiger partial charge in [0.25, 0.3) is 5.91 Å². The number of hydrogen-bond acceptors (Lipinski definition) is 4. The molecule has 4 rings (SSSR count). The monoisotopic (exact) mass is 428 g/mol. The van der Waals surface area contributed by atoms with E-state index in [4.69, 9.17) is 11.6 Å². The molecule has 4 aromatic rings. The van der Waals surface area contributed by atoms with Gasteiger partial charge in [-0.15, -0.1) is 0 Å². The van der Waals surface area contributed by atoms with Crippen molar-refractivity contribution in [3.63, 3.8) is 0 Å². The summed E-state index contributed by atoms with van der Waals surface area (Å²) in [7, 11) is 0. The van der Waals surface area contributed by atoms with Gasteiger partial charge in [-0.25, -0.2) is 9.97 Å². The Morgan fingerprint density at radius 1 is 0.968 bits per heavy atom. The molecule has 0 aliphatic rings. The molecule has 154 valence electrons. The fourth-order valence-electron chi connectivity index (χ4n) is 3.08. The number of nitrogens with one attached hydrogen (secondary N) is 2. The van der Waals surface area contributed by atoms with Crippen molar-refractivity contribution in [1.82, 2.24) is 15.3 Å². The maximum absolute atomic E-state index is 12.6.